The molecule has 2 saturated carbocycles. The first-order valence-electron chi connectivity index (χ1n) is 14.0. The van der Waals surface area contributed by atoms with E-state index in [2.05, 4.69) is 10.6 Å². The van der Waals surface area contributed by atoms with Crippen molar-refractivity contribution >= 4 is 5.91 Å². The average Bonchev–Trinajstić information content (AvgIpc) is 3.56. The molecule has 4 rings (SSSR count). The third kappa shape index (κ3) is 6.26. The molecule has 41 heavy (non-hydrogen) atoms. The summed E-state index contributed by atoms with van der Waals surface area (Å²) >= 11 is 0. The van der Waals surface area contributed by atoms with E-state index >= 15 is 0 Å². The Balaban J connectivity index is 1.61. The van der Waals surface area contributed by atoms with Gasteiger partial charge in [0, 0.05) is 31.0 Å². The van der Waals surface area contributed by atoms with Crippen LogP contribution in [0, 0.1) is 5.92 Å². The molecule has 0 aromatic carbocycles. The first-order valence-corrected chi connectivity index (χ1v) is 14.0. The van der Waals surface area contributed by atoms with E-state index in [0.29, 0.717) is 6.54 Å². The molecule has 0 aromatic heterocycles. The molecule has 17 atom stereocenters. The van der Waals surface area contributed by atoms with Crippen LogP contribution in [0.25, 0.3) is 0 Å². The number of hydrogen-bond acceptors (Lipinski definition) is 16. The molecule has 17 N–H and O–H groups in total. The first-order chi connectivity index (χ1) is 19.3. The molecule has 17 nitrogen and oxygen atoms in total. The molecule has 4 fully saturated rings. The van der Waals surface area contributed by atoms with Gasteiger partial charge in [-0.05, 0) is 13.0 Å². The van der Waals surface area contributed by atoms with Gasteiger partial charge in [0.2, 0.25) is 0 Å². The molecule has 2 aliphatic carbocycles. The maximum atomic E-state index is 12.9. The predicted octanol–water partition coefficient (Wildman–Crippen LogP) is -7.78. The van der Waals surface area contributed by atoms with Crippen LogP contribution in [0.4, 0.5) is 0 Å². The summed E-state index contributed by atoms with van der Waals surface area (Å²) in [5.41, 5.74) is 22.6. The first kappa shape index (κ1) is 32.8. The SMILES string of the molecule is CCNCC1OC(C2C(N)CC(NC(=O)C3(O)CC3N)C(OC3OC(CO)C(O)C(N)C3O)C2O)C(N)C(O)C1O. The Hall–Kier alpha value is -1.13. The molecule has 1 amide bonds. The Morgan fingerprint density at radius 2 is 1.61 bits per heavy atom. The normalized spacial score (nSPS) is 52.2. The summed E-state index contributed by atoms with van der Waals surface area (Å²) in [5.74, 6) is -1.81. The molecule has 2 aliphatic heterocycles. The number of ether oxygens (including phenoxy) is 3. The second-order valence-electron chi connectivity index (χ2n) is 11.7. The van der Waals surface area contributed by atoms with E-state index in [1.807, 2.05) is 6.92 Å². The van der Waals surface area contributed by atoms with Gasteiger partial charge in [-0.25, -0.2) is 0 Å². The summed E-state index contributed by atoms with van der Waals surface area (Å²) in [6.07, 6.45) is -13.4. The van der Waals surface area contributed by atoms with Crippen LogP contribution < -0.4 is 33.6 Å². The Morgan fingerprint density at radius 3 is 2.20 bits per heavy atom. The van der Waals surface area contributed by atoms with Gasteiger partial charge in [-0.2, -0.15) is 0 Å². The van der Waals surface area contributed by atoms with Crippen molar-refractivity contribution in [3.8, 4) is 0 Å². The van der Waals surface area contributed by atoms with E-state index in [0.717, 1.165) is 0 Å². The highest BCUT2D eigenvalue weighted by molar-refractivity contribution is 5.89. The lowest BCUT2D eigenvalue weighted by molar-refractivity contribution is -0.307. The van der Waals surface area contributed by atoms with Crippen molar-refractivity contribution in [1.29, 1.82) is 0 Å². The van der Waals surface area contributed by atoms with Gasteiger partial charge < -0.3 is 83.5 Å². The highest BCUT2D eigenvalue weighted by Crippen LogP contribution is 2.38. The molecule has 2 saturated heterocycles. The van der Waals surface area contributed by atoms with Crippen LogP contribution in [0.1, 0.15) is 19.8 Å². The van der Waals surface area contributed by atoms with Crippen LogP contribution in [0.5, 0.6) is 0 Å². The number of aliphatic hydroxyl groups is 7. The molecule has 0 radical (unpaired) electrons. The second kappa shape index (κ2) is 12.8. The summed E-state index contributed by atoms with van der Waals surface area (Å²) < 4.78 is 17.6. The number of amides is 1. The average molecular weight is 595 g/mol. The van der Waals surface area contributed by atoms with Crippen molar-refractivity contribution in [3.05, 3.63) is 0 Å². The number of hydrogen-bond donors (Lipinski definition) is 13. The van der Waals surface area contributed by atoms with Crippen molar-refractivity contribution in [2.75, 3.05) is 19.7 Å². The number of aliphatic hydroxyl groups excluding tert-OH is 6. The molecule has 17 heteroatoms. The standard InChI is InChI=1S/C24H46N6O11/c1-2-29-5-9-16(33)18(35)14(28)21(39-9)12-7(25)3-8(30-23(37)24(38)4-11(24)26)20(17(12)34)41-22-19(36)13(27)15(32)10(6-31)40-22/h7-22,29,31-36,38H,2-6,25-28H2,1H3,(H,30,37). The van der Waals surface area contributed by atoms with Gasteiger partial charge in [-0.1, -0.05) is 6.92 Å². The third-order valence-corrected chi connectivity index (χ3v) is 8.88. The van der Waals surface area contributed by atoms with Crippen molar-refractivity contribution in [2.45, 2.75) is 117 Å². The molecule has 17 unspecified atom stereocenters. The predicted molar refractivity (Wildman–Crippen MR) is 139 cm³/mol. The van der Waals surface area contributed by atoms with Gasteiger partial charge in [0.05, 0.1) is 43.0 Å². The molecular weight excluding hydrogens is 548 g/mol. The van der Waals surface area contributed by atoms with E-state index in [1.165, 1.54) is 0 Å². The van der Waals surface area contributed by atoms with Crippen LogP contribution in [0.15, 0.2) is 0 Å². The second-order valence-corrected chi connectivity index (χ2v) is 11.7. The minimum atomic E-state index is -1.81. The van der Waals surface area contributed by atoms with Crippen LogP contribution in [0.2, 0.25) is 0 Å². The highest BCUT2D eigenvalue weighted by Gasteiger charge is 2.60. The maximum absolute atomic E-state index is 12.9. The summed E-state index contributed by atoms with van der Waals surface area (Å²) in [7, 11) is 0. The molecule has 0 spiro atoms. The van der Waals surface area contributed by atoms with Gasteiger partial charge in [0.25, 0.3) is 5.91 Å². The zero-order valence-electron chi connectivity index (χ0n) is 22.8. The van der Waals surface area contributed by atoms with E-state index in [1.54, 1.807) is 0 Å². The molecule has 0 aromatic rings. The Labute approximate surface area is 237 Å². The van der Waals surface area contributed by atoms with Crippen LogP contribution in [-0.4, -0.2) is 158 Å². The largest absolute Gasteiger partial charge is 0.394 e. The van der Waals surface area contributed by atoms with Crippen LogP contribution in [0.3, 0.4) is 0 Å². The highest BCUT2D eigenvalue weighted by atomic mass is 16.7. The topological polar surface area (TPSA) is 315 Å². The zero-order chi connectivity index (χ0) is 30.4. The lowest BCUT2D eigenvalue weighted by atomic mass is 9.71. The molecule has 238 valence electrons. The maximum Gasteiger partial charge on any atom is 0.253 e. The quantitative estimate of drug-likeness (QED) is 0.118. The Bertz CT molecular complexity index is 908. The van der Waals surface area contributed by atoms with Crippen molar-refractivity contribution in [1.82, 2.24) is 10.6 Å². The Kier molecular flexibility index (Phi) is 10.3. The fourth-order valence-corrected chi connectivity index (χ4v) is 6.08. The van der Waals surface area contributed by atoms with Crippen LogP contribution >= 0.6 is 0 Å². The van der Waals surface area contributed by atoms with Gasteiger partial charge >= 0.3 is 0 Å². The molecule has 0 bridgehead atoms. The summed E-state index contributed by atoms with van der Waals surface area (Å²) in [4.78, 5) is 12.9. The fraction of sp³-hybridized carbons (Fsp3) is 0.958. The van der Waals surface area contributed by atoms with Crippen LogP contribution in [-0.2, 0) is 19.0 Å². The number of rotatable bonds is 9. The lowest BCUT2D eigenvalue weighted by Crippen LogP contribution is -2.72. The van der Waals surface area contributed by atoms with E-state index < -0.39 is 115 Å². The molecule has 4 aliphatic rings. The van der Waals surface area contributed by atoms with Gasteiger partial charge in [-0.15, -0.1) is 0 Å². The van der Waals surface area contributed by atoms with Gasteiger partial charge in [0.1, 0.15) is 36.6 Å². The number of likely N-dealkylation sites (N-methyl/N-ethyl adjacent to an activating group) is 1. The van der Waals surface area contributed by atoms with Crippen molar-refractivity contribution in [2.24, 2.45) is 28.9 Å². The van der Waals surface area contributed by atoms with Crippen molar-refractivity contribution in [3.63, 3.8) is 0 Å². The molecular formula is C24H46N6O11. The van der Waals surface area contributed by atoms with Gasteiger partial charge in [0.15, 0.2) is 11.9 Å². The van der Waals surface area contributed by atoms with E-state index in [-0.39, 0.29) is 19.4 Å². The minimum absolute atomic E-state index is 0.0296. The number of carbonyl (C=O) groups excluding carboxylic acids is 1. The summed E-state index contributed by atoms with van der Waals surface area (Å²) in [6, 6.07) is -5.14. The van der Waals surface area contributed by atoms with E-state index in [9.17, 15) is 40.5 Å². The smallest absolute Gasteiger partial charge is 0.253 e. The summed E-state index contributed by atoms with van der Waals surface area (Å²) in [6.45, 7) is 1.95. The lowest BCUT2D eigenvalue weighted by Gasteiger charge is -2.52. The van der Waals surface area contributed by atoms with E-state index in [4.69, 9.17) is 37.1 Å². The monoisotopic (exact) mass is 594 g/mol. The molecule has 2 heterocycles. The number of nitrogens with one attached hydrogen (secondary N) is 2. The summed E-state index contributed by atoms with van der Waals surface area (Å²) in [5, 5.41) is 79.6. The number of carbonyl (C=O) groups is 1. The number of nitrogens with two attached hydrogens (primary N) is 4. The van der Waals surface area contributed by atoms with Crippen molar-refractivity contribution < 1.29 is 54.8 Å². The third-order valence-electron chi connectivity index (χ3n) is 8.88. The zero-order valence-corrected chi connectivity index (χ0v) is 22.8. The van der Waals surface area contributed by atoms with Gasteiger partial charge in [-0.3, -0.25) is 4.79 Å². The minimum Gasteiger partial charge on any atom is -0.394 e. The fourth-order valence-electron chi connectivity index (χ4n) is 6.08. The Morgan fingerprint density at radius 1 is 0.951 bits per heavy atom.